The number of nitrogens with one attached hydrogen (secondary N) is 1. The first kappa shape index (κ1) is 20.2. The molecule has 1 fully saturated rings. The molecule has 0 saturated carbocycles. The predicted octanol–water partition coefficient (Wildman–Crippen LogP) is 3.46. The summed E-state index contributed by atoms with van der Waals surface area (Å²) in [6, 6.07) is 12.9. The fraction of sp³-hybridized carbons (Fsp3) is 0.333. The number of pyridine rings is 1. The lowest BCUT2D eigenvalue weighted by atomic mass is 10.1. The maximum absolute atomic E-state index is 13.0. The Balaban J connectivity index is 1.47. The van der Waals surface area contributed by atoms with E-state index in [2.05, 4.69) is 20.5 Å². The molecule has 1 amide bonds. The molecule has 0 bridgehead atoms. The van der Waals surface area contributed by atoms with Crippen LogP contribution in [0.3, 0.4) is 0 Å². The van der Waals surface area contributed by atoms with Crippen LogP contribution in [0.15, 0.2) is 42.5 Å². The van der Waals surface area contributed by atoms with E-state index in [0.717, 1.165) is 17.1 Å². The topological polar surface area (TPSA) is 89.5 Å². The van der Waals surface area contributed by atoms with Gasteiger partial charge in [-0.3, -0.25) is 4.79 Å². The Hall–Kier alpha value is -3.04. The van der Waals surface area contributed by atoms with Gasteiger partial charge in [0.15, 0.2) is 0 Å². The molecular weight excluding hydrogens is 402 g/mol. The minimum Gasteiger partial charge on any atom is -0.497 e. The first-order valence-electron chi connectivity index (χ1n) is 9.77. The Morgan fingerprint density at radius 2 is 2.17 bits per heavy atom. The average molecular weight is 426 g/mol. The van der Waals surface area contributed by atoms with Crippen LogP contribution in [0.2, 0.25) is 0 Å². The number of ether oxygens (including phenoxy) is 2. The second-order valence-corrected chi connectivity index (χ2v) is 7.83. The van der Waals surface area contributed by atoms with Gasteiger partial charge >= 0.3 is 0 Å². The van der Waals surface area contributed by atoms with Crippen molar-refractivity contribution in [3.8, 4) is 5.75 Å². The maximum Gasteiger partial charge on any atom is 0.254 e. The standard InChI is InChI=1S/C21H23N5O3S/c1-3-19-24-25-21(30-19)23-18-9-5-8-16(22-18)17-13-26(10-11-29-17)20(27)14-6-4-7-15(12-14)28-2/h4-9,12,17H,3,10-11,13H2,1-2H3,(H,22,23,25)/t17-/m0/s1. The molecule has 1 aliphatic rings. The molecule has 1 saturated heterocycles. The number of morpholine rings is 1. The largest absolute Gasteiger partial charge is 0.497 e. The molecule has 3 aromatic rings. The van der Waals surface area contributed by atoms with Crippen LogP contribution in [-0.4, -0.2) is 52.8 Å². The van der Waals surface area contributed by atoms with Gasteiger partial charge < -0.3 is 19.7 Å². The molecule has 1 atom stereocenters. The highest BCUT2D eigenvalue weighted by Crippen LogP contribution is 2.25. The Kier molecular flexibility index (Phi) is 6.20. The van der Waals surface area contributed by atoms with Crippen molar-refractivity contribution < 1.29 is 14.3 Å². The smallest absolute Gasteiger partial charge is 0.254 e. The van der Waals surface area contributed by atoms with Crippen molar-refractivity contribution >= 4 is 28.2 Å². The second-order valence-electron chi connectivity index (χ2n) is 6.77. The SMILES string of the molecule is CCc1nnc(Nc2cccc([C@@H]3CN(C(=O)c4cccc(OC)c4)CCO3)n2)s1. The number of carbonyl (C=O) groups is 1. The van der Waals surface area contributed by atoms with Gasteiger partial charge in [0, 0.05) is 12.1 Å². The van der Waals surface area contributed by atoms with Gasteiger partial charge in [-0.05, 0) is 36.8 Å². The van der Waals surface area contributed by atoms with E-state index < -0.39 is 0 Å². The minimum atomic E-state index is -0.296. The van der Waals surface area contributed by atoms with Crippen LogP contribution in [0.25, 0.3) is 0 Å². The first-order chi connectivity index (χ1) is 14.7. The van der Waals surface area contributed by atoms with E-state index in [-0.39, 0.29) is 12.0 Å². The van der Waals surface area contributed by atoms with Gasteiger partial charge in [0.2, 0.25) is 5.13 Å². The fourth-order valence-corrected chi connectivity index (χ4v) is 3.89. The minimum absolute atomic E-state index is 0.0440. The van der Waals surface area contributed by atoms with E-state index in [1.807, 2.05) is 37.3 Å². The molecule has 3 heterocycles. The predicted molar refractivity (Wildman–Crippen MR) is 114 cm³/mol. The number of nitrogens with zero attached hydrogens (tertiary/aromatic N) is 4. The van der Waals surface area contributed by atoms with Gasteiger partial charge in [-0.15, -0.1) is 10.2 Å². The third-order valence-electron chi connectivity index (χ3n) is 4.78. The van der Waals surface area contributed by atoms with Gasteiger partial charge in [-0.1, -0.05) is 30.4 Å². The van der Waals surface area contributed by atoms with E-state index in [4.69, 9.17) is 9.47 Å². The van der Waals surface area contributed by atoms with Crippen LogP contribution >= 0.6 is 11.3 Å². The maximum atomic E-state index is 13.0. The van der Waals surface area contributed by atoms with E-state index >= 15 is 0 Å². The lowest BCUT2D eigenvalue weighted by Crippen LogP contribution is -2.42. The van der Waals surface area contributed by atoms with Crippen LogP contribution in [-0.2, 0) is 11.2 Å². The molecule has 0 unspecified atom stereocenters. The summed E-state index contributed by atoms with van der Waals surface area (Å²) in [6.45, 7) is 3.47. The van der Waals surface area contributed by atoms with Crippen molar-refractivity contribution in [3.05, 3.63) is 58.7 Å². The quantitative estimate of drug-likeness (QED) is 0.647. The molecule has 2 aromatic heterocycles. The van der Waals surface area contributed by atoms with Crippen LogP contribution < -0.4 is 10.1 Å². The Bertz CT molecular complexity index is 1030. The van der Waals surface area contributed by atoms with E-state index in [1.165, 1.54) is 11.3 Å². The number of hydrogen-bond acceptors (Lipinski definition) is 8. The lowest BCUT2D eigenvalue weighted by molar-refractivity contribution is -0.0246. The number of anilines is 2. The summed E-state index contributed by atoms with van der Waals surface area (Å²) >= 11 is 1.51. The van der Waals surface area contributed by atoms with Gasteiger partial charge in [0.25, 0.3) is 5.91 Å². The average Bonchev–Trinajstić information content (AvgIpc) is 3.26. The molecule has 4 rings (SSSR count). The highest BCUT2D eigenvalue weighted by atomic mass is 32.1. The number of aromatic nitrogens is 3. The molecule has 156 valence electrons. The van der Waals surface area contributed by atoms with Gasteiger partial charge in [0.05, 0.1) is 26.0 Å². The summed E-state index contributed by atoms with van der Waals surface area (Å²) in [5.74, 6) is 1.29. The van der Waals surface area contributed by atoms with Crippen molar-refractivity contribution in [3.63, 3.8) is 0 Å². The number of hydrogen-bond donors (Lipinski definition) is 1. The summed E-state index contributed by atoms with van der Waals surface area (Å²) in [5, 5.41) is 13.1. The Morgan fingerprint density at radius 1 is 1.30 bits per heavy atom. The summed E-state index contributed by atoms with van der Waals surface area (Å²) in [7, 11) is 1.59. The zero-order chi connectivity index (χ0) is 20.9. The number of benzene rings is 1. The summed E-state index contributed by atoms with van der Waals surface area (Å²) in [4.78, 5) is 19.4. The highest BCUT2D eigenvalue weighted by Gasteiger charge is 2.27. The van der Waals surface area contributed by atoms with Crippen molar-refractivity contribution in [1.29, 1.82) is 0 Å². The molecule has 9 heteroatoms. The molecule has 8 nitrogen and oxygen atoms in total. The normalized spacial score (nSPS) is 16.3. The van der Waals surface area contributed by atoms with E-state index in [9.17, 15) is 4.79 Å². The molecular formula is C21H23N5O3S. The van der Waals surface area contributed by atoms with Crippen molar-refractivity contribution in [2.24, 2.45) is 0 Å². The molecule has 0 aliphatic carbocycles. The molecule has 1 N–H and O–H groups in total. The number of amides is 1. The third-order valence-corrected chi connectivity index (χ3v) is 5.76. The third kappa shape index (κ3) is 4.58. The number of methoxy groups -OCH3 is 1. The first-order valence-corrected chi connectivity index (χ1v) is 10.6. The van der Waals surface area contributed by atoms with Gasteiger partial charge in [0.1, 0.15) is 22.7 Å². The number of rotatable bonds is 6. The van der Waals surface area contributed by atoms with Crippen molar-refractivity contribution in [2.75, 3.05) is 32.1 Å². The van der Waals surface area contributed by atoms with Crippen LogP contribution in [0.5, 0.6) is 5.75 Å². The molecule has 1 aromatic carbocycles. The summed E-state index contributed by atoms with van der Waals surface area (Å²) < 4.78 is 11.2. The molecule has 1 aliphatic heterocycles. The summed E-state index contributed by atoms with van der Waals surface area (Å²) in [6.07, 6.45) is 0.551. The van der Waals surface area contributed by atoms with Crippen molar-refractivity contribution in [1.82, 2.24) is 20.1 Å². The summed E-state index contributed by atoms with van der Waals surface area (Å²) in [5.41, 5.74) is 1.37. The monoisotopic (exact) mass is 425 g/mol. The van der Waals surface area contributed by atoms with Crippen molar-refractivity contribution in [2.45, 2.75) is 19.4 Å². The van der Waals surface area contributed by atoms with Crippen LogP contribution in [0.1, 0.15) is 34.1 Å². The van der Waals surface area contributed by atoms with E-state index in [1.54, 1.807) is 24.1 Å². The molecule has 30 heavy (non-hydrogen) atoms. The fourth-order valence-electron chi connectivity index (χ4n) is 3.21. The zero-order valence-corrected chi connectivity index (χ0v) is 17.7. The second kappa shape index (κ2) is 9.19. The van der Waals surface area contributed by atoms with Gasteiger partial charge in [-0.25, -0.2) is 4.98 Å². The van der Waals surface area contributed by atoms with E-state index in [0.29, 0.717) is 42.0 Å². The van der Waals surface area contributed by atoms with Gasteiger partial charge in [-0.2, -0.15) is 0 Å². The Morgan fingerprint density at radius 3 is 2.97 bits per heavy atom. The van der Waals surface area contributed by atoms with Crippen LogP contribution in [0, 0.1) is 0 Å². The molecule has 0 radical (unpaired) electrons. The highest BCUT2D eigenvalue weighted by molar-refractivity contribution is 7.15. The number of carbonyl (C=O) groups excluding carboxylic acids is 1. The molecule has 0 spiro atoms. The lowest BCUT2D eigenvalue weighted by Gasteiger charge is -2.33. The Labute approximate surface area is 178 Å². The number of aryl methyl sites for hydroxylation is 1. The van der Waals surface area contributed by atoms with Crippen LogP contribution in [0.4, 0.5) is 10.9 Å². The zero-order valence-electron chi connectivity index (χ0n) is 16.9.